The van der Waals surface area contributed by atoms with Crippen molar-refractivity contribution in [2.45, 2.75) is 64.0 Å². The molecule has 2 bridgehead atoms. The molecule has 1 amide bonds. The summed E-state index contributed by atoms with van der Waals surface area (Å²) in [5, 5.41) is 3.63. The number of benzene rings is 1. The molecule has 2 heterocycles. The van der Waals surface area contributed by atoms with Gasteiger partial charge < -0.3 is 10.2 Å². The van der Waals surface area contributed by atoms with Gasteiger partial charge in [-0.1, -0.05) is 37.6 Å². The number of nitrogens with one attached hydrogen (secondary N) is 1. The van der Waals surface area contributed by atoms with Crippen molar-refractivity contribution in [1.29, 1.82) is 0 Å². The fourth-order valence-electron chi connectivity index (χ4n) is 3.66. The van der Waals surface area contributed by atoms with Crippen molar-refractivity contribution >= 4 is 5.91 Å². The molecule has 0 radical (unpaired) electrons. The minimum atomic E-state index is 0.288. The Balaban J connectivity index is 1.54. The van der Waals surface area contributed by atoms with Crippen molar-refractivity contribution in [1.82, 2.24) is 10.2 Å². The summed E-state index contributed by atoms with van der Waals surface area (Å²) >= 11 is 0. The van der Waals surface area contributed by atoms with Crippen LogP contribution >= 0.6 is 0 Å². The van der Waals surface area contributed by atoms with Crippen molar-refractivity contribution in [3.8, 4) is 0 Å². The zero-order valence-corrected chi connectivity index (χ0v) is 13.7. The van der Waals surface area contributed by atoms with E-state index in [0.29, 0.717) is 18.5 Å². The molecule has 0 saturated carbocycles. The van der Waals surface area contributed by atoms with E-state index in [9.17, 15) is 4.79 Å². The minimum absolute atomic E-state index is 0.288. The fraction of sp³-hybridized carbons (Fsp3) is 0.632. The van der Waals surface area contributed by atoms with Crippen LogP contribution in [-0.4, -0.2) is 36.0 Å². The lowest BCUT2D eigenvalue weighted by molar-refractivity contribution is -0.130. The largest absolute Gasteiger partial charge is 0.341 e. The van der Waals surface area contributed by atoms with Crippen LogP contribution in [0.25, 0.3) is 0 Å². The van der Waals surface area contributed by atoms with Crippen molar-refractivity contribution in [3.63, 3.8) is 0 Å². The normalized spacial score (nSPS) is 24.3. The van der Waals surface area contributed by atoms with Crippen LogP contribution in [0.2, 0.25) is 0 Å². The van der Waals surface area contributed by atoms with Gasteiger partial charge in [-0.05, 0) is 43.2 Å². The highest BCUT2D eigenvalue weighted by Gasteiger charge is 2.30. The number of aryl methyl sites for hydroxylation is 1. The molecule has 3 rings (SSSR count). The summed E-state index contributed by atoms with van der Waals surface area (Å²) in [4.78, 5) is 14.6. The highest BCUT2D eigenvalue weighted by molar-refractivity contribution is 5.78. The van der Waals surface area contributed by atoms with Crippen LogP contribution in [0.3, 0.4) is 0 Å². The molecule has 2 fully saturated rings. The number of amides is 1. The van der Waals surface area contributed by atoms with Crippen LogP contribution in [0.4, 0.5) is 0 Å². The third-order valence-electron chi connectivity index (χ3n) is 5.07. The first-order valence-electron chi connectivity index (χ1n) is 8.86. The average Bonchev–Trinajstić information content (AvgIpc) is 2.85. The van der Waals surface area contributed by atoms with Gasteiger partial charge in [0, 0.05) is 25.2 Å². The first-order chi connectivity index (χ1) is 10.7. The van der Waals surface area contributed by atoms with Gasteiger partial charge in [-0.15, -0.1) is 0 Å². The zero-order valence-electron chi connectivity index (χ0n) is 13.7. The second-order valence-corrected chi connectivity index (χ2v) is 6.86. The van der Waals surface area contributed by atoms with Gasteiger partial charge in [-0.25, -0.2) is 0 Å². The molecular weight excluding hydrogens is 272 g/mol. The molecule has 2 aliphatic rings. The Bertz CT molecular complexity index is 497. The van der Waals surface area contributed by atoms with E-state index >= 15 is 0 Å². The molecule has 22 heavy (non-hydrogen) atoms. The summed E-state index contributed by atoms with van der Waals surface area (Å²) in [6.45, 7) is 4.03. The lowest BCUT2D eigenvalue weighted by Gasteiger charge is -2.24. The minimum Gasteiger partial charge on any atom is -0.341 e. The summed E-state index contributed by atoms with van der Waals surface area (Å²) in [5.74, 6) is 0.288. The molecule has 120 valence electrons. The van der Waals surface area contributed by atoms with Crippen LogP contribution in [-0.2, 0) is 17.6 Å². The van der Waals surface area contributed by atoms with Gasteiger partial charge in [0.1, 0.15) is 0 Å². The Morgan fingerprint density at radius 1 is 1.14 bits per heavy atom. The quantitative estimate of drug-likeness (QED) is 0.907. The van der Waals surface area contributed by atoms with Crippen molar-refractivity contribution in [3.05, 3.63) is 35.4 Å². The maximum absolute atomic E-state index is 12.6. The van der Waals surface area contributed by atoms with Gasteiger partial charge in [-0.3, -0.25) is 4.79 Å². The highest BCUT2D eigenvalue weighted by Crippen LogP contribution is 2.21. The van der Waals surface area contributed by atoms with Crippen molar-refractivity contribution in [2.24, 2.45) is 0 Å². The number of carbonyl (C=O) groups excluding carboxylic acids is 1. The molecule has 1 aromatic rings. The van der Waals surface area contributed by atoms with Crippen molar-refractivity contribution in [2.75, 3.05) is 13.1 Å². The third-order valence-corrected chi connectivity index (χ3v) is 5.07. The zero-order chi connectivity index (χ0) is 15.4. The molecule has 0 aromatic heterocycles. The highest BCUT2D eigenvalue weighted by atomic mass is 16.2. The second kappa shape index (κ2) is 7.28. The van der Waals surface area contributed by atoms with Crippen LogP contribution in [0.5, 0.6) is 0 Å². The number of likely N-dealkylation sites (tertiary alicyclic amines) is 1. The van der Waals surface area contributed by atoms with Gasteiger partial charge in [0.15, 0.2) is 0 Å². The molecule has 0 spiro atoms. The van der Waals surface area contributed by atoms with E-state index in [1.807, 2.05) is 0 Å². The van der Waals surface area contributed by atoms with E-state index in [1.54, 1.807) is 0 Å². The molecule has 0 aliphatic carbocycles. The molecule has 2 saturated heterocycles. The Hall–Kier alpha value is -1.35. The van der Waals surface area contributed by atoms with E-state index in [-0.39, 0.29) is 5.91 Å². The maximum Gasteiger partial charge on any atom is 0.227 e. The molecule has 2 unspecified atom stereocenters. The number of nitrogens with zero attached hydrogens (tertiary/aromatic N) is 1. The van der Waals surface area contributed by atoms with E-state index in [2.05, 4.69) is 41.4 Å². The summed E-state index contributed by atoms with van der Waals surface area (Å²) in [6.07, 6.45) is 7.77. The number of rotatable bonds is 5. The molecule has 1 N–H and O–H groups in total. The van der Waals surface area contributed by atoms with E-state index in [1.165, 1.54) is 31.2 Å². The summed E-state index contributed by atoms with van der Waals surface area (Å²) in [6, 6.07) is 9.79. The van der Waals surface area contributed by atoms with Gasteiger partial charge in [0.2, 0.25) is 5.91 Å². The topological polar surface area (TPSA) is 32.3 Å². The molecule has 3 heteroatoms. The van der Waals surface area contributed by atoms with Crippen LogP contribution in [0.1, 0.15) is 50.2 Å². The second-order valence-electron chi connectivity index (χ2n) is 6.86. The predicted octanol–water partition coefficient (Wildman–Crippen LogP) is 2.92. The van der Waals surface area contributed by atoms with Gasteiger partial charge in [-0.2, -0.15) is 0 Å². The molecule has 1 aromatic carbocycles. The summed E-state index contributed by atoms with van der Waals surface area (Å²) in [5.41, 5.74) is 2.53. The SMILES string of the molecule is CCCCc1ccc(CC(=O)N2CCC3CCC(C2)N3)cc1. The van der Waals surface area contributed by atoms with E-state index in [0.717, 1.165) is 31.5 Å². The van der Waals surface area contributed by atoms with Gasteiger partial charge >= 0.3 is 0 Å². The summed E-state index contributed by atoms with van der Waals surface area (Å²) in [7, 11) is 0. The number of unbranched alkanes of at least 4 members (excludes halogenated alkanes) is 1. The molecular formula is C19H28N2O. The number of fused-ring (bicyclic) bond motifs is 2. The van der Waals surface area contributed by atoms with Crippen molar-refractivity contribution < 1.29 is 4.79 Å². The average molecular weight is 300 g/mol. The predicted molar refractivity (Wildman–Crippen MR) is 89.9 cm³/mol. The molecule has 3 nitrogen and oxygen atoms in total. The Labute approximate surface area is 134 Å². The van der Waals surface area contributed by atoms with Crippen LogP contribution in [0, 0.1) is 0 Å². The number of hydrogen-bond acceptors (Lipinski definition) is 2. The Kier molecular flexibility index (Phi) is 5.14. The Morgan fingerprint density at radius 2 is 1.86 bits per heavy atom. The van der Waals surface area contributed by atoms with Crippen LogP contribution < -0.4 is 5.32 Å². The summed E-state index contributed by atoms with van der Waals surface area (Å²) < 4.78 is 0. The Morgan fingerprint density at radius 3 is 2.64 bits per heavy atom. The van der Waals surface area contributed by atoms with Gasteiger partial charge in [0.25, 0.3) is 0 Å². The first kappa shape index (κ1) is 15.5. The molecule has 2 atom stereocenters. The smallest absolute Gasteiger partial charge is 0.227 e. The van der Waals surface area contributed by atoms with Crippen LogP contribution in [0.15, 0.2) is 24.3 Å². The monoisotopic (exact) mass is 300 g/mol. The van der Waals surface area contributed by atoms with Gasteiger partial charge in [0.05, 0.1) is 6.42 Å². The standard InChI is InChI=1S/C19H28N2O/c1-2-3-4-15-5-7-16(8-6-15)13-19(22)21-12-11-17-9-10-18(14-21)20-17/h5-8,17-18,20H,2-4,9-14H2,1H3. The third kappa shape index (κ3) is 3.89. The lowest BCUT2D eigenvalue weighted by atomic mass is 10.0. The van der Waals surface area contributed by atoms with E-state index in [4.69, 9.17) is 0 Å². The number of carbonyl (C=O) groups is 1. The first-order valence-corrected chi connectivity index (χ1v) is 8.86. The van der Waals surface area contributed by atoms with E-state index < -0.39 is 0 Å². The number of hydrogen-bond donors (Lipinski definition) is 1. The fourth-order valence-corrected chi connectivity index (χ4v) is 3.66. The lowest BCUT2D eigenvalue weighted by Crippen LogP contribution is -2.39. The maximum atomic E-state index is 12.6. The molecule has 2 aliphatic heterocycles.